The van der Waals surface area contributed by atoms with Gasteiger partial charge in [-0.15, -0.1) is 0 Å². The molecule has 10 heavy (non-hydrogen) atoms. The molecule has 5 nitrogen and oxygen atoms in total. The summed E-state index contributed by atoms with van der Waals surface area (Å²) in [5, 5.41) is 27.3. The molecule has 0 spiro atoms. The Morgan fingerprint density at radius 2 is 1.90 bits per heavy atom. The van der Waals surface area contributed by atoms with Gasteiger partial charge in [-0.1, -0.05) is 0 Å². The summed E-state index contributed by atoms with van der Waals surface area (Å²) >= 11 is 0. The van der Waals surface area contributed by atoms with Gasteiger partial charge in [0.1, 0.15) is 0 Å². The number of aliphatic hydroxyl groups excluding tert-OH is 1. The van der Waals surface area contributed by atoms with Gasteiger partial charge in [0.15, 0.2) is 0 Å². The van der Waals surface area contributed by atoms with Crippen LogP contribution in [0.1, 0.15) is 7.85 Å². The molecule has 6 heteroatoms. The Bertz CT molecular complexity index is 138. The fourth-order valence-corrected chi connectivity index (χ4v) is 0.241. The normalized spacial score (nSPS) is 11.3. The van der Waals surface area contributed by atoms with E-state index in [9.17, 15) is 19.8 Å². The molecule has 0 aliphatic rings. The Hall–Kier alpha value is 0.160. The third-order valence-electron chi connectivity index (χ3n) is 0.632. The van der Waals surface area contributed by atoms with Gasteiger partial charge in [-0.05, 0) is 0 Å². The Kier molecular flexibility index (Phi) is 7.56. The summed E-state index contributed by atoms with van der Waals surface area (Å²) in [6.45, 7) is 0. The van der Waals surface area contributed by atoms with Gasteiger partial charge in [0.05, 0.1) is 12.1 Å². The molecule has 0 fully saturated rings. The minimum Gasteiger partial charge on any atom is -0.550 e. The van der Waals surface area contributed by atoms with Crippen LogP contribution in [0.25, 0.3) is 0 Å². The van der Waals surface area contributed by atoms with E-state index in [4.69, 9.17) is 5.11 Å². The van der Waals surface area contributed by atoms with Crippen molar-refractivity contribution in [3.8, 4) is 0 Å². The molecule has 0 aliphatic carbocycles. The average Bonchev–Trinajstić information content (AvgIpc) is 1.63. The number of hydrogen-bond donors (Lipinski definition) is 1. The first-order valence-electron chi connectivity index (χ1n) is 2.13. The first-order chi connectivity index (χ1) is 4.04. The van der Waals surface area contributed by atoms with E-state index >= 15 is 0 Å². The zero-order valence-corrected chi connectivity index (χ0v) is 7.28. The number of hydrogen-bond acceptors (Lipinski definition) is 5. The monoisotopic (exact) mass is 173 g/mol. The molecule has 0 radical (unpaired) electrons. The van der Waals surface area contributed by atoms with Gasteiger partial charge in [0.25, 0.3) is 0 Å². The van der Waals surface area contributed by atoms with Gasteiger partial charge >= 0.3 is 39.2 Å². The van der Waals surface area contributed by atoms with Gasteiger partial charge in [-0.3, -0.25) is 0 Å². The van der Waals surface area contributed by atoms with Gasteiger partial charge in [0.2, 0.25) is 0 Å². The van der Waals surface area contributed by atoms with E-state index in [0.717, 1.165) is 0 Å². The first-order valence-corrected chi connectivity index (χ1v) is 2.13. The Balaban J connectivity index is -0.000000320. The van der Waals surface area contributed by atoms with Crippen molar-refractivity contribution in [3.63, 3.8) is 0 Å². The van der Waals surface area contributed by atoms with E-state index in [1.807, 2.05) is 0 Å². The maximum atomic E-state index is 9.58. The molecule has 1 N–H and O–H groups in total. The second-order valence-electron chi connectivity index (χ2n) is 1.41. The smallest absolute Gasteiger partial charge is 0.550 e. The molecule has 1 unspecified atom stereocenters. The number of aliphatic hydroxyl groups is 1. The summed E-state index contributed by atoms with van der Waals surface area (Å²) in [6, 6.07) is 0. The van der Waals surface area contributed by atoms with Crippen LogP contribution in [0.2, 0.25) is 0 Å². The van der Waals surface area contributed by atoms with E-state index in [-0.39, 0.29) is 39.2 Å². The molecule has 0 aromatic heterocycles. The molecule has 0 rings (SSSR count). The predicted molar refractivity (Wildman–Crippen MR) is 27.5 cm³/mol. The third-order valence-corrected chi connectivity index (χ3v) is 0.632. The standard InChI is InChI=1S/C4H6O5.Ca/c5-2(4(8)9)1-3(6)7;/h2,5H,1H2,(H,6,7)(H,8,9);/q;+2/p-1. The Morgan fingerprint density at radius 1 is 1.50 bits per heavy atom. The molecule has 0 heterocycles. The molecule has 0 bridgehead atoms. The number of carbonyl (C=O) groups is 2. The zero-order chi connectivity index (χ0) is 7.44. The van der Waals surface area contributed by atoms with Crippen LogP contribution in [0, 0.1) is 0 Å². The van der Waals surface area contributed by atoms with Crippen molar-refractivity contribution >= 4 is 49.7 Å². The van der Waals surface area contributed by atoms with Crippen molar-refractivity contribution in [1.29, 1.82) is 0 Å². The Labute approximate surface area is 88.1 Å². The summed E-state index contributed by atoms with van der Waals surface area (Å²) in [4.78, 5) is 19.1. The first kappa shape index (κ1) is 12.8. The van der Waals surface area contributed by atoms with E-state index in [0.29, 0.717) is 0 Å². The SMILES string of the molecule is O=C([O-])CC(O)C(=O)[O-].[Ca+2].[H+]. The van der Waals surface area contributed by atoms with Crippen molar-refractivity contribution in [2.75, 3.05) is 0 Å². The van der Waals surface area contributed by atoms with Crippen LogP contribution in [0.5, 0.6) is 0 Å². The molecule has 0 aromatic rings. The van der Waals surface area contributed by atoms with Crippen LogP contribution in [0.4, 0.5) is 0 Å². The number of carbonyl (C=O) groups excluding carboxylic acids is 2. The van der Waals surface area contributed by atoms with E-state index in [1.165, 1.54) is 0 Å². The van der Waals surface area contributed by atoms with Crippen LogP contribution in [-0.4, -0.2) is 60.9 Å². The molecular weight excluding hydrogens is 168 g/mol. The third kappa shape index (κ3) is 6.28. The molecule has 0 aromatic carbocycles. The minimum absolute atomic E-state index is 0. The van der Waals surface area contributed by atoms with E-state index in [2.05, 4.69) is 0 Å². The maximum absolute atomic E-state index is 9.58. The quantitative estimate of drug-likeness (QED) is 0.438. The van der Waals surface area contributed by atoms with E-state index in [1.54, 1.807) is 0 Å². The number of carboxylic acid groups (broad SMARTS) is 2. The van der Waals surface area contributed by atoms with Crippen LogP contribution in [0.3, 0.4) is 0 Å². The largest absolute Gasteiger partial charge is 2.00 e. The molecule has 0 amide bonds. The fraction of sp³-hybridized carbons (Fsp3) is 0.500. The van der Waals surface area contributed by atoms with Crippen LogP contribution >= 0.6 is 0 Å². The number of carboxylic acids is 2. The maximum Gasteiger partial charge on any atom is 2.00 e. The van der Waals surface area contributed by atoms with Crippen molar-refractivity contribution in [2.24, 2.45) is 0 Å². The van der Waals surface area contributed by atoms with Gasteiger partial charge in [-0.25, -0.2) is 0 Å². The van der Waals surface area contributed by atoms with Crippen LogP contribution in [0.15, 0.2) is 0 Å². The van der Waals surface area contributed by atoms with Crippen molar-refractivity contribution < 1.29 is 26.3 Å². The summed E-state index contributed by atoms with van der Waals surface area (Å²) in [6.07, 6.45) is -2.89. The van der Waals surface area contributed by atoms with E-state index < -0.39 is 24.5 Å². The van der Waals surface area contributed by atoms with Crippen molar-refractivity contribution in [2.45, 2.75) is 12.5 Å². The zero-order valence-electron chi connectivity index (χ0n) is 6.07. The molecular formula is C4H5CaO5+. The van der Waals surface area contributed by atoms with Crippen LogP contribution < -0.4 is 10.2 Å². The summed E-state index contributed by atoms with van der Waals surface area (Å²) < 4.78 is 0. The average molecular weight is 173 g/mol. The molecule has 0 saturated heterocycles. The fourth-order valence-electron chi connectivity index (χ4n) is 0.241. The summed E-state index contributed by atoms with van der Waals surface area (Å²) in [5.41, 5.74) is 0. The number of aliphatic carboxylic acids is 2. The molecule has 0 aliphatic heterocycles. The van der Waals surface area contributed by atoms with Crippen molar-refractivity contribution in [1.82, 2.24) is 0 Å². The van der Waals surface area contributed by atoms with Gasteiger partial charge in [0, 0.05) is 12.4 Å². The molecule has 52 valence electrons. The van der Waals surface area contributed by atoms with Gasteiger partial charge in [-0.2, -0.15) is 0 Å². The topological polar surface area (TPSA) is 100 Å². The summed E-state index contributed by atoms with van der Waals surface area (Å²) in [5.74, 6) is -3.43. The number of rotatable bonds is 3. The van der Waals surface area contributed by atoms with Crippen molar-refractivity contribution in [3.05, 3.63) is 0 Å². The van der Waals surface area contributed by atoms with Crippen LogP contribution in [-0.2, 0) is 9.59 Å². The second-order valence-corrected chi connectivity index (χ2v) is 1.41. The Morgan fingerprint density at radius 3 is 2.00 bits per heavy atom. The van der Waals surface area contributed by atoms with Gasteiger partial charge < -0.3 is 24.9 Å². The predicted octanol–water partition coefficient (Wildman–Crippen LogP) is -4.03. The summed E-state index contributed by atoms with van der Waals surface area (Å²) in [7, 11) is 0. The molecule has 0 saturated carbocycles. The molecule has 1 atom stereocenters. The minimum atomic E-state index is -1.96. The second kappa shape index (κ2) is 5.91.